The van der Waals surface area contributed by atoms with E-state index < -0.39 is 0 Å². The summed E-state index contributed by atoms with van der Waals surface area (Å²) in [6, 6.07) is 0. The standard InChI is InChI=1S/C4H6NOS/c1-6-4-5-2-3-7-4/h2-3,5H,1H3. The van der Waals surface area contributed by atoms with Gasteiger partial charge in [0.2, 0.25) is 0 Å². The smallest absolute Gasteiger partial charge is 0.251 e. The molecule has 1 aliphatic rings. The predicted molar refractivity (Wildman–Crippen MR) is 30.1 cm³/mol. The first-order valence-electron chi connectivity index (χ1n) is 1.92. The van der Waals surface area contributed by atoms with Gasteiger partial charge in [-0.1, -0.05) is 11.8 Å². The zero-order chi connectivity index (χ0) is 5.11. The molecule has 0 spiro atoms. The molecule has 1 heterocycles. The number of hydrogen-bond acceptors (Lipinski definition) is 3. The van der Waals surface area contributed by atoms with Gasteiger partial charge in [0.05, 0.1) is 0 Å². The van der Waals surface area contributed by atoms with Crippen molar-refractivity contribution in [2.24, 2.45) is 0 Å². The van der Waals surface area contributed by atoms with Gasteiger partial charge in [-0.05, 0) is 5.41 Å². The minimum Gasteiger partial charge on any atom is -0.350 e. The third-order valence-corrected chi connectivity index (χ3v) is 1.40. The molecular formula is C4H6NOS. The average molecular weight is 116 g/mol. The van der Waals surface area contributed by atoms with E-state index in [9.17, 15) is 0 Å². The van der Waals surface area contributed by atoms with Gasteiger partial charge < -0.3 is 10.1 Å². The molecule has 39 valence electrons. The highest BCUT2D eigenvalue weighted by atomic mass is 32.2. The molecule has 0 bridgehead atoms. The Morgan fingerprint density at radius 1 is 1.86 bits per heavy atom. The van der Waals surface area contributed by atoms with Crippen molar-refractivity contribution in [3.05, 3.63) is 17.2 Å². The van der Waals surface area contributed by atoms with Crippen molar-refractivity contribution in [2.45, 2.75) is 0 Å². The lowest BCUT2D eigenvalue weighted by Crippen LogP contribution is -2.07. The summed E-state index contributed by atoms with van der Waals surface area (Å²) in [5, 5.41) is 4.81. The van der Waals surface area contributed by atoms with Crippen molar-refractivity contribution in [1.82, 2.24) is 5.32 Å². The highest BCUT2D eigenvalue weighted by molar-refractivity contribution is 8.04. The topological polar surface area (TPSA) is 21.3 Å². The molecule has 0 unspecified atom stereocenters. The van der Waals surface area contributed by atoms with Gasteiger partial charge in [-0.15, -0.1) is 0 Å². The second kappa shape index (κ2) is 2.23. The first-order valence-corrected chi connectivity index (χ1v) is 2.80. The summed E-state index contributed by atoms with van der Waals surface area (Å²) in [5.74, 6) is 0. The third kappa shape index (κ3) is 1.11. The monoisotopic (exact) mass is 116 g/mol. The number of methoxy groups -OCH3 is 1. The predicted octanol–water partition coefficient (Wildman–Crippen LogP) is 0.887. The van der Waals surface area contributed by atoms with Crippen LogP contribution in [0.5, 0.6) is 0 Å². The van der Waals surface area contributed by atoms with E-state index in [1.165, 1.54) is 0 Å². The van der Waals surface area contributed by atoms with Crippen LogP contribution in [-0.4, -0.2) is 7.11 Å². The summed E-state index contributed by atoms with van der Waals surface area (Å²) in [5.41, 5.74) is 0.847. The van der Waals surface area contributed by atoms with Gasteiger partial charge in [0.15, 0.2) is 0 Å². The third-order valence-electron chi connectivity index (χ3n) is 0.630. The molecule has 1 aliphatic heterocycles. The van der Waals surface area contributed by atoms with E-state index in [0.29, 0.717) is 0 Å². The normalized spacial score (nSPS) is 20.1. The Bertz CT molecular complexity index is 75.8. The molecular weight excluding hydrogens is 110 g/mol. The maximum Gasteiger partial charge on any atom is 0.251 e. The molecule has 0 aromatic heterocycles. The fourth-order valence-corrected chi connectivity index (χ4v) is 0.831. The molecule has 1 radical (unpaired) electrons. The highest BCUT2D eigenvalue weighted by Crippen LogP contribution is 2.21. The van der Waals surface area contributed by atoms with E-state index in [4.69, 9.17) is 4.74 Å². The molecule has 0 aromatic carbocycles. The molecule has 1 rings (SSSR count). The Morgan fingerprint density at radius 2 is 2.71 bits per heavy atom. The lowest BCUT2D eigenvalue weighted by Gasteiger charge is -2.01. The Morgan fingerprint density at radius 3 is 3.00 bits per heavy atom. The number of thioether (sulfide) groups is 1. The lowest BCUT2D eigenvalue weighted by molar-refractivity contribution is 0.243. The van der Waals surface area contributed by atoms with Gasteiger partial charge in [0, 0.05) is 13.3 Å². The fourth-order valence-electron chi connectivity index (χ4n) is 0.339. The molecule has 0 saturated heterocycles. The molecule has 2 nitrogen and oxygen atoms in total. The van der Waals surface area contributed by atoms with E-state index in [1.807, 2.05) is 11.6 Å². The second-order valence-electron chi connectivity index (χ2n) is 1.06. The zero-order valence-corrected chi connectivity index (χ0v) is 4.79. The van der Waals surface area contributed by atoms with E-state index in [2.05, 4.69) is 5.32 Å². The Balaban J connectivity index is 2.22. The van der Waals surface area contributed by atoms with Crippen molar-refractivity contribution in [1.29, 1.82) is 0 Å². The molecule has 0 atom stereocenters. The van der Waals surface area contributed by atoms with Gasteiger partial charge in [-0.25, -0.2) is 0 Å². The number of nitrogens with one attached hydrogen (secondary N) is 1. The van der Waals surface area contributed by atoms with E-state index in [0.717, 1.165) is 5.56 Å². The molecule has 0 saturated carbocycles. The zero-order valence-electron chi connectivity index (χ0n) is 3.97. The minimum absolute atomic E-state index is 0.847. The second-order valence-corrected chi connectivity index (χ2v) is 1.94. The maximum absolute atomic E-state index is 4.82. The van der Waals surface area contributed by atoms with Crippen LogP contribution in [0.2, 0.25) is 0 Å². The van der Waals surface area contributed by atoms with Crippen molar-refractivity contribution >= 4 is 11.8 Å². The summed E-state index contributed by atoms with van der Waals surface area (Å²) in [4.78, 5) is 0. The van der Waals surface area contributed by atoms with Gasteiger partial charge in [0.1, 0.15) is 0 Å². The number of hydrogen-bond donors (Lipinski definition) is 1. The van der Waals surface area contributed by atoms with Crippen molar-refractivity contribution in [3.8, 4) is 0 Å². The van der Waals surface area contributed by atoms with Gasteiger partial charge in [0.25, 0.3) is 5.56 Å². The van der Waals surface area contributed by atoms with Crippen LogP contribution in [-0.2, 0) is 4.74 Å². The molecule has 0 aliphatic carbocycles. The van der Waals surface area contributed by atoms with Crippen LogP contribution in [0, 0.1) is 5.56 Å². The van der Waals surface area contributed by atoms with Gasteiger partial charge in [-0.3, -0.25) is 0 Å². The van der Waals surface area contributed by atoms with Crippen molar-refractivity contribution in [3.63, 3.8) is 0 Å². The summed E-state index contributed by atoms with van der Waals surface area (Å²) in [6.45, 7) is 0. The summed E-state index contributed by atoms with van der Waals surface area (Å²) < 4.78 is 4.82. The van der Waals surface area contributed by atoms with Gasteiger partial charge in [-0.2, -0.15) is 0 Å². The van der Waals surface area contributed by atoms with E-state index in [1.54, 1.807) is 18.9 Å². The van der Waals surface area contributed by atoms with Crippen molar-refractivity contribution in [2.75, 3.05) is 7.11 Å². The highest BCUT2D eigenvalue weighted by Gasteiger charge is 2.07. The molecule has 0 aromatic rings. The molecule has 0 fully saturated rings. The number of rotatable bonds is 1. The van der Waals surface area contributed by atoms with Crippen LogP contribution in [0.4, 0.5) is 0 Å². The molecule has 3 heteroatoms. The summed E-state index contributed by atoms with van der Waals surface area (Å²) >= 11 is 1.55. The number of ether oxygens (including phenoxy) is 1. The van der Waals surface area contributed by atoms with E-state index >= 15 is 0 Å². The van der Waals surface area contributed by atoms with Crippen LogP contribution >= 0.6 is 11.8 Å². The van der Waals surface area contributed by atoms with Crippen LogP contribution in [0.1, 0.15) is 0 Å². The first-order chi connectivity index (χ1) is 3.43. The maximum atomic E-state index is 4.82. The molecule has 1 N–H and O–H groups in total. The fraction of sp³-hybridized carbons (Fsp3) is 0.250. The lowest BCUT2D eigenvalue weighted by atomic mass is 11.0. The minimum atomic E-state index is 0.847. The molecule has 7 heavy (non-hydrogen) atoms. The largest absolute Gasteiger partial charge is 0.350 e. The Labute approximate surface area is 46.9 Å². The first kappa shape index (κ1) is 5.00. The van der Waals surface area contributed by atoms with Gasteiger partial charge >= 0.3 is 0 Å². The van der Waals surface area contributed by atoms with Crippen LogP contribution < -0.4 is 5.32 Å². The van der Waals surface area contributed by atoms with Crippen LogP contribution in [0.25, 0.3) is 0 Å². The van der Waals surface area contributed by atoms with E-state index in [-0.39, 0.29) is 0 Å². The quantitative estimate of drug-likeness (QED) is 0.549. The van der Waals surface area contributed by atoms with Crippen LogP contribution in [0.3, 0.4) is 0 Å². The summed E-state index contributed by atoms with van der Waals surface area (Å²) in [6.07, 6.45) is 1.84. The Hall–Kier alpha value is -0.150. The summed E-state index contributed by atoms with van der Waals surface area (Å²) in [7, 11) is 1.64. The SMILES string of the molecule is CO[C]1NC=CS1. The Kier molecular flexibility index (Phi) is 1.59. The average Bonchev–Trinajstić information content (AvgIpc) is 2.14. The van der Waals surface area contributed by atoms with Crippen LogP contribution in [0.15, 0.2) is 11.6 Å². The molecule has 0 amide bonds. The van der Waals surface area contributed by atoms with Crippen molar-refractivity contribution < 1.29 is 4.74 Å².